The Balaban J connectivity index is 1.59. The second-order valence-corrected chi connectivity index (χ2v) is 5.77. The molecule has 0 radical (unpaired) electrons. The summed E-state index contributed by atoms with van der Waals surface area (Å²) >= 11 is 0. The normalized spacial score (nSPS) is 16.2. The predicted molar refractivity (Wildman–Crippen MR) is 79.0 cm³/mol. The summed E-state index contributed by atoms with van der Waals surface area (Å²) in [6.45, 7) is 4.55. The Morgan fingerprint density at radius 2 is 2.15 bits per heavy atom. The van der Waals surface area contributed by atoms with Crippen LogP contribution in [0.4, 0.5) is 0 Å². The van der Waals surface area contributed by atoms with E-state index in [-0.39, 0.29) is 5.56 Å². The fraction of sp³-hybridized carbons (Fsp3) is 0.600. The van der Waals surface area contributed by atoms with Crippen LogP contribution in [0.3, 0.4) is 0 Å². The van der Waals surface area contributed by atoms with E-state index in [4.69, 9.17) is 0 Å². The Labute approximate surface area is 118 Å². The number of hydrogen-bond donors (Lipinski definition) is 1. The molecule has 0 spiro atoms. The molecule has 108 valence electrons. The monoisotopic (exact) mass is 274 g/mol. The molecule has 0 saturated heterocycles. The highest BCUT2D eigenvalue weighted by atomic mass is 16.1. The van der Waals surface area contributed by atoms with Gasteiger partial charge in [0.1, 0.15) is 5.52 Å². The number of rotatable bonds is 5. The van der Waals surface area contributed by atoms with Gasteiger partial charge in [0.15, 0.2) is 0 Å². The molecule has 1 fully saturated rings. The van der Waals surface area contributed by atoms with Gasteiger partial charge in [-0.3, -0.25) is 4.79 Å². The van der Waals surface area contributed by atoms with Gasteiger partial charge < -0.3 is 9.88 Å². The predicted octanol–water partition coefficient (Wildman–Crippen LogP) is 1.58. The number of nitrogens with one attached hydrogen (secondary N) is 1. The molecular formula is C15H22N4O. The maximum absolute atomic E-state index is 12.3. The average molecular weight is 274 g/mol. The first-order valence-corrected chi connectivity index (χ1v) is 7.50. The third-order valence-corrected chi connectivity index (χ3v) is 4.16. The number of fused-ring (bicyclic) bond motifs is 1. The molecule has 0 aliphatic heterocycles. The average Bonchev–Trinajstić information content (AvgIpc) is 3.06. The lowest BCUT2D eigenvalue weighted by atomic mass is 10.1. The van der Waals surface area contributed by atoms with Crippen LogP contribution in [0.25, 0.3) is 5.52 Å². The molecule has 2 aromatic heterocycles. The van der Waals surface area contributed by atoms with Gasteiger partial charge in [-0.05, 0) is 38.3 Å². The highest BCUT2D eigenvalue weighted by Gasteiger charge is 2.13. The minimum Gasteiger partial charge on any atom is -0.315 e. The van der Waals surface area contributed by atoms with E-state index in [0.717, 1.165) is 24.7 Å². The summed E-state index contributed by atoms with van der Waals surface area (Å²) in [6, 6.07) is 1.84. The van der Waals surface area contributed by atoms with E-state index in [2.05, 4.69) is 10.4 Å². The van der Waals surface area contributed by atoms with Gasteiger partial charge in [-0.25, -0.2) is 4.52 Å². The highest BCUT2D eigenvalue weighted by molar-refractivity contribution is 5.44. The van der Waals surface area contributed by atoms with Crippen LogP contribution >= 0.6 is 0 Å². The fourth-order valence-electron chi connectivity index (χ4n) is 3.04. The zero-order chi connectivity index (χ0) is 13.9. The zero-order valence-electron chi connectivity index (χ0n) is 12.0. The van der Waals surface area contributed by atoms with Gasteiger partial charge in [0.25, 0.3) is 5.56 Å². The lowest BCUT2D eigenvalue weighted by Crippen LogP contribution is -2.29. The summed E-state index contributed by atoms with van der Waals surface area (Å²) in [7, 11) is 0. The Morgan fingerprint density at radius 1 is 1.35 bits per heavy atom. The molecule has 0 unspecified atom stereocenters. The molecule has 5 nitrogen and oxygen atoms in total. The summed E-state index contributed by atoms with van der Waals surface area (Å²) in [5.74, 6) is 0.840. The van der Waals surface area contributed by atoms with Crippen molar-refractivity contribution in [2.24, 2.45) is 5.92 Å². The van der Waals surface area contributed by atoms with E-state index in [1.54, 1.807) is 9.08 Å². The standard InChI is InChI=1S/C15H22N4O/c1-12-10-14-15(20)18(8-9-19(14)17-12)7-6-16-11-13-4-2-3-5-13/h8-10,13,16H,2-7,11H2,1H3. The first-order chi connectivity index (χ1) is 9.74. The number of nitrogens with zero attached hydrogens (tertiary/aromatic N) is 3. The molecule has 2 aromatic rings. The van der Waals surface area contributed by atoms with E-state index < -0.39 is 0 Å². The SMILES string of the molecule is Cc1cc2c(=O)n(CCNCC3CCCC3)ccn2n1. The van der Waals surface area contributed by atoms with E-state index in [1.165, 1.54) is 25.7 Å². The molecule has 0 aromatic carbocycles. The highest BCUT2D eigenvalue weighted by Crippen LogP contribution is 2.23. The minimum atomic E-state index is 0.0377. The van der Waals surface area contributed by atoms with Crippen LogP contribution < -0.4 is 10.9 Å². The molecule has 0 amide bonds. The van der Waals surface area contributed by atoms with Crippen molar-refractivity contribution in [2.75, 3.05) is 13.1 Å². The van der Waals surface area contributed by atoms with Gasteiger partial charge in [0, 0.05) is 25.5 Å². The molecule has 0 atom stereocenters. The molecule has 0 bridgehead atoms. The van der Waals surface area contributed by atoms with E-state index in [0.29, 0.717) is 12.1 Å². The van der Waals surface area contributed by atoms with Crippen molar-refractivity contribution < 1.29 is 0 Å². The van der Waals surface area contributed by atoms with Crippen molar-refractivity contribution in [1.29, 1.82) is 0 Å². The van der Waals surface area contributed by atoms with Gasteiger partial charge in [0.2, 0.25) is 0 Å². The van der Waals surface area contributed by atoms with Crippen LogP contribution in [-0.4, -0.2) is 27.3 Å². The van der Waals surface area contributed by atoms with Crippen molar-refractivity contribution in [3.8, 4) is 0 Å². The second kappa shape index (κ2) is 5.79. The van der Waals surface area contributed by atoms with Crippen LogP contribution in [0, 0.1) is 12.8 Å². The maximum atomic E-state index is 12.3. The van der Waals surface area contributed by atoms with Crippen molar-refractivity contribution in [2.45, 2.75) is 39.2 Å². The lowest BCUT2D eigenvalue weighted by molar-refractivity contribution is 0.474. The van der Waals surface area contributed by atoms with E-state index >= 15 is 0 Å². The van der Waals surface area contributed by atoms with Crippen molar-refractivity contribution in [3.05, 3.63) is 34.5 Å². The van der Waals surface area contributed by atoms with Gasteiger partial charge in [-0.2, -0.15) is 5.10 Å². The van der Waals surface area contributed by atoms with Crippen molar-refractivity contribution in [1.82, 2.24) is 19.5 Å². The second-order valence-electron chi connectivity index (χ2n) is 5.77. The zero-order valence-corrected chi connectivity index (χ0v) is 12.0. The van der Waals surface area contributed by atoms with Crippen LogP contribution in [-0.2, 0) is 6.54 Å². The van der Waals surface area contributed by atoms with Crippen LogP contribution in [0.2, 0.25) is 0 Å². The van der Waals surface area contributed by atoms with Crippen LogP contribution in [0.5, 0.6) is 0 Å². The van der Waals surface area contributed by atoms with Crippen LogP contribution in [0.15, 0.2) is 23.3 Å². The van der Waals surface area contributed by atoms with Gasteiger partial charge >= 0.3 is 0 Å². The molecule has 1 aliphatic carbocycles. The third-order valence-electron chi connectivity index (χ3n) is 4.16. The van der Waals surface area contributed by atoms with Gasteiger partial charge in [-0.15, -0.1) is 0 Å². The minimum absolute atomic E-state index is 0.0377. The summed E-state index contributed by atoms with van der Waals surface area (Å²) in [5.41, 5.74) is 1.57. The summed E-state index contributed by atoms with van der Waals surface area (Å²) < 4.78 is 3.41. The maximum Gasteiger partial charge on any atom is 0.276 e. The molecule has 2 heterocycles. The Kier molecular flexibility index (Phi) is 3.87. The molecule has 1 saturated carbocycles. The van der Waals surface area contributed by atoms with Gasteiger partial charge in [-0.1, -0.05) is 12.8 Å². The summed E-state index contributed by atoms with van der Waals surface area (Å²) in [6.07, 6.45) is 9.13. The summed E-state index contributed by atoms with van der Waals surface area (Å²) in [5, 5.41) is 7.73. The van der Waals surface area contributed by atoms with E-state index in [9.17, 15) is 4.79 Å². The van der Waals surface area contributed by atoms with Crippen molar-refractivity contribution >= 4 is 5.52 Å². The quantitative estimate of drug-likeness (QED) is 0.842. The first-order valence-electron chi connectivity index (χ1n) is 7.50. The van der Waals surface area contributed by atoms with E-state index in [1.807, 2.05) is 25.4 Å². The first kappa shape index (κ1) is 13.4. The lowest BCUT2D eigenvalue weighted by Gasteiger charge is -2.11. The Morgan fingerprint density at radius 3 is 2.95 bits per heavy atom. The number of hydrogen-bond acceptors (Lipinski definition) is 3. The Bertz CT molecular complexity index is 637. The Hall–Kier alpha value is -1.62. The molecule has 3 rings (SSSR count). The summed E-state index contributed by atoms with van der Waals surface area (Å²) in [4.78, 5) is 12.3. The molecule has 1 N–H and O–H groups in total. The van der Waals surface area contributed by atoms with Gasteiger partial charge in [0.05, 0.1) is 5.69 Å². The topological polar surface area (TPSA) is 51.3 Å². The number of aromatic nitrogens is 3. The molecule has 20 heavy (non-hydrogen) atoms. The van der Waals surface area contributed by atoms with Crippen LogP contribution in [0.1, 0.15) is 31.4 Å². The largest absolute Gasteiger partial charge is 0.315 e. The smallest absolute Gasteiger partial charge is 0.276 e. The number of aryl methyl sites for hydroxylation is 1. The fourth-order valence-corrected chi connectivity index (χ4v) is 3.04. The van der Waals surface area contributed by atoms with Crippen molar-refractivity contribution in [3.63, 3.8) is 0 Å². The third kappa shape index (κ3) is 2.77. The molecule has 1 aliphatic rings. The molecular weight excluding hydrogens is 252 g/mol. The molecule has 5 heteroatoms.